The number of rotatable bonds is 6. The van der Waals surface area contributed by atoms with Crippen LogP contribution in [0.1, 0.15) is 32.2 Å². The molecule has 3 N–H and O–H groups in total. The Morgan fingerprint density at radius 2 is 2.19 bits per heavy atom. The normalized spacial score (nSPS) is 15.5. The molecule has 1 aliphatic heterocycles. The Bertz CT molecular complexity index is 737. The van der Waals surface area contributed by atoms with Crippen molar-refractivity contribution in [2.75, 3.05) is 20.3 Å². The molecule has 0 fully saturated rings. The van der Waals surface area contributed by atoms with Gasteiger partial charge in [0, 0.05) is 23.7 Å². The minimum absolute atomic E-state index is 0.120. The van der Waals surface area contributed by atoms with E-state index in [9.17, 15) is 14.7 Å². The van der Waals surface area contributed by atoms with Crippen molar-refractivity contribution in [3.63, 3.8) is 0 Å². The lowest BCUT2D eigenvalue weighted by molar-refractivity contribution is -0.136. The Kier molecular flexibility index (Phi) is 6.92. The SMILES string of the molecule is COC(=O)C1=C(CC(CO)NC(=O)OC(C)(C)C)NC(c2nccs2)=NC1. The molecule has 1 amide bonds. The van der Waals surface area contributed by atoms with E-state index in [-0.39, 0.29) is 19.6 Å². The highest BCUT2D eigenvalue weighted by molar-refractivity contribution is 7.11. The summed E-state index contributed by atoms with van der Waals surface area (Å²) in [6.07, 6.45) is 1.18. The second-order valence-corrected chi connectivity index (χ2v) is 7.70. The van der Waals surface area contributed by atoms with Gasteiger partial charge in [0.2, 0.25) is 0 Å². The van der Waals surface area contributed by atoms with Gasteiger partial charge in [0.15, 0.2) is 10.8 Å². The van der Waals surface area contributed by atoms with Gasteiger partial charge in [0.1, 0.15) is 5.60 Å². The van der Waals surface area contributed by atoms with Crippen LogP contribution in [0.3, 0.4) is 0 Å². The van der Waals surface area contributed by atoms with Crippen molar-refractivity contribution in [1.82, 2.24) is 15.6 Å². The van der Waals surface area contributed by atoms with E-state index in [0.717, 1.165) is 0 Å². The Balaban J connectivity index is 2.15. The second kappa shape index (κ2) is 8.96. The van der Waals surface area contributed by atoms with E-state index in [4.69, 9.17) is 9.47 Å². The number of alkyl carbamates (subject to hydrolysis) is 1. The summed E-state index contributed by atoms with van der Waals surface area (Å²) in [6, 6.07) is -0.655. The number of aliphatic imine (C=N–C) groups is 1. The highest BCUT2D eigenvalue weighted by atomic mass is 32.1. The minimum Gasteiger partial charge on any atom is -0.466 e. The van der Waals surface area contributed by atoms with Gasteiger partial charge in [-0.2, -0.15) is 0 Å². The quantitative estimate of drug-likeness (QED) is 0.618. The lowest BCUT2D eigenvalue weighted by Gasteiger charge is -2.25. The highest BCUT2D eigenvalue weighted by Gasteiger charge is 2.26. The number of amidine groups is 1. The Morgan fingerprint density at radius 3 is 2.74 bits per heavy atom. The molecule has 1 unspecified atom stereocenters. The summed E-state index contributed by atoms with van der Waals surface area (Å²) >= 11 is 1.41. The molecule has 0 aromatic carbocycles. The molecule has 0 aliphatic carbocycles. The standard InChI is InChI=1S/C17H24N4O5S/c1-17(2,3)26-16(24)20-10(9-22)7-12-11(15(23)25-4)8-19-13(21-12)14-18-5-6-27-14/h5-6,10,22H,7-9H2,1-4H3,(H,19,21)(H,20,24). The number of ether oxygens (including phenoxy) is 2. The molecule has 1 aromatic rings. The third-order valence-electron chi connectivity index (χ3n) is 3.49. The summed E-state index contributed by atoms with van der Waals surface area (Å²) in [5.41, 5.74) is 0.188. The van der Waals surface area contributed by atoms with E-state index in [1.807, 2.05) is 5.38 Å². The molecule has 9 nitrogen and oxygen atoms in total. The average Bonchev–Trinajstić information content (AvgIpc) is 3.13. The van der Waals surface area contributed by atoms with Gasteiger partial charge in [-0.25, -0.2) is 14.6 Å². The average molecular weight is 396 g/mol. The first-order valence-corrected chi connectivity index (χ1v) is 9.23. The van der Waals surface area contributed by atoms with Crippen molar-refractivity contribution < 1.29 is 24.2 Å². The molecule has 10 heteroatoms. The van der Waals surface area contributed by atoms with Crippen LogP contribution < -0.4 is 10.6 Å². The molecule has 0 bridgehead atoms. The largest absolute Gasteiger partial charge is 0.466 e. The molecule has 1 aliphatic rings. The van der Waals surface area contributed by atoms with Gasteiger partial charge < -0.3 is 25.2 Å². The smallest absolute Gasteiger partial charge is 0.407 e. The minimum atomic E-state index is -0.658. The molecule has 0 spiro atoms. The highest BCUT2D eigenvalue weighted by Crippen LogP contribution is 2.18. The first kappa shape index (κ1) is 20.8. The van der Waals surface area contributed by atoms with Crippen molar-refractivity contribution >= 4 is 29.2 Å². The molecular weight excluding hydrogens is 372 g/mol. The van der Waals surface area contributed by atoms with Gasteiger partial charge in [-0.3, -0.25) is 4.99 Å². The molecule has 0 saturated heterocycles. The number of carbonyl (C=O) groups excluding carboxylic acids is 2. The van der Waals surface area contributed by atoms with E-state index in [2.05, 4.69) is 20.6 Å². The molecule has 2 rings (SSSR count). The number of aliphatic hydroxyl groups excluding tert-OH is 1. The van der Waals surface area contributed by atoms with Crippen molar-refractivity contribution in [3.05, 3.63) is 27.9 Å². The third-order valence-corrected chi connectivity index (χ3v) is 4.27. The van der Waals surface area contributed by atoms with Crippen LogP contribution in [-0.2, 0) is 14.3 Å². The predicted octanol–water partition coefficient (Wildman–Crippen LogP) is 1.20. The number of hydrogen-bond acceptors (Lipinski definition) is 9. The zero-order chi connectivity index (χ0) is 20.0. The number of aliphatic hydroxyl groups is 1. The van der Waals surface area contributed by atoms with E-state index >= 15 is 0 Å². The Labute approximate surface area is 161 Å². The van der Waals surface area contributed by atoms with E-state index in [1.165, 1.54) is 18.4 Å². The summed E-state index contributed by atoms with van der Waals surface area (Å²) in [6.45, 7) is 5.03. The van der Waals surface area contributed by atoms with Crippen LogP contribution in [0.15, 0.2) is 27.8 Å². The van der Waals surface area contributed by atoms with Crippen molar-refractivity contribution in [1.29, 1.82) is 0 Å². The number of aromatic nitrogens is 1. The molecule has 0 saturated carbocycles. The molecule has 0 radical (unpaired) electrons. The summed E-state index contributed by atoms with van der Waals surface area (Å²) in [5, 5.41) is 17.8. The van der Waals surface area contributed by atoms with Gasteiger partial charge in [0.05, 0.1) is 31.9 Å². The third kappa shape index (κ3) is 6.04. The number of carbonyl (C=O) groups is 2. The molecule has 2 heterocycles. The van der Waals surface area contributed by atoms with Crippen LogP contribution in [-0.4, -0.2) is 59.9 Å². The second-order valence-electron chi connectivity index (χ2n) is 6.81. The molecule has 1 aromatic heterocycles. The zero-order valence-electron chi connectivity index (χ0n) is 15.7. The fourth-order valence-corrected chi connectivity index (χ4v) is 2.94. The fraction of sp³-hybridized carbons (Fsp3) is 0.529. The van der Waals surface area contributed by atoms with Gasteiger partial charge in [0.25, 0.3) is 0 Å². The van der Waals surface area contributed by atoms with Crippen molar-refractivity contribution in [3.8, 4) is 0 Å². The predicted molar refractivity (Wildman–Crippen MR) is 101 cm³/mol. The number of hydrogen-bond donors (Lipinski definition) is 3. The van der Waals surface area contributed by atoms with Crippen LogP contribution >= 0.6 is 11.3 Å². The maximum atomic E-state index is 12.1. The van der Waals surface area contributed by atoms with Gasteiger partial charge in [-0.15, -0.1) is 11.3 Å². The number of amides is 1. The zero-order valence-corrected chi connectivity index (χ0v) is 16.6. The summed E-state index contributed by atoms with van der Waals surface area (Å²) in [7, 11) is 1.29. The maximum absolute atomic E-state index is 12.1. The van der Waals surface area contributed by atoms with E-state index in [1.54, 1.807) is 27.0 Å². The Hall–Kier alpha value is -2.46. The van der Waals surface area contributed by atoms with Crippen LogP contribution in [0.2, 0.25) is 0 Å². The van der Waals surface area contributed by atoms with Crippen LogP contribution in [0.25, 0.3) is 0 Å². The van der Waals surface area contributed by atoms with Crippen molar-refractivity contribution in [2.45, 2.75) is 38.8 Å². The van der Waals surface area contributed by atoms with E-state index in [0.29, 0.717) is 22.1 Å². The van der Waals surface area contributed by atoms with Gasteiger partial charge in [-0.1, -0.05) is 0 Å². The number of esters is 1. The van der Waals surface area contributed by atoms with Gasteiger partial charge >= 0.3 is 12.1 Å². The topological polar surface area (TPSA) is 122 Å². The number of methoxy groups -OCH3 is 1. The first-order valence-electron chi connectivity index (χ1n) is 8.35. The van der Waals surface area contributed by atoms with E-state index < -0.39 is 23.7 Å². The summed E-state index contributed by atoms with van der Waals surface area (Å²) in [4.78, 5) is 32.6. The summed E-state index contributed by atoms with van der Waals surface area (Å²) < 4.78 is 10.0. The maximum Gasteiger partial charge on any atom is 0.407 e. The fourth-order valence-electron chi connectivity index (χ4n) is 2.34. The lowest BCUT2D eigenvalue weighted by atomic mass is 10.1. The molecular formula is C17H24N4O5S. The number of thiazole rings is 1. The van der Waals surface area contributed by atoms with Crippen LogP contribution in [0.4, 0.5) is 4.79 Å². The number of nitrogens with one attached hydrogen (secondary N) is 2. The van der Waals surface area contributed by atoms with Crippen molar-refractivity contribution in [2.24, 2.45) is 4.99 Å². The first-order chi connectivity index (χ1) is 12.7. The van der Waals surface area contributed by atoms with Crippen LogP contribution in [0.5, 0.6) is 0 Å². The van der Waals surface area contributed by atoms with Crippen LogP contribution in [0, 0.1) is 0 Å². The Morgan fingerprint density at radius 1 is 1.44 bits per heavy atom. The lowest BCUT2D eigenvalue weighted by Crippen LogP contribution is -2.43. The van der Waals surface area contributed by atoms with Gasteiger partial charge in [-0.05, 0) is 20.8 Å². The summed E-state index contributed by atoms with van der Waals surface area (Å²) in [5.74, 6) is 0.00927. The monoisotopic (exact) mass is 396 g/mol. The molecule has 27 heavy (non-hydrogen) atoms. The molecule has 1 atom stereocenters. The molecule has 148 valence electrons. The number of nitrogens with zero attached hydrogens (tertiary/aromatic N) is 2.